The van der Waals surface area contributed by atoms with Crippen LogP contribution in [0.2, 0.25) is 0 Å². The van der Waals surface area contributed by atoms with E-state index in [2.05, 4.69) is 39.2 Å². The first kappa shape index (κ1) is 11.5. The van der Waals surface area contributed by atoms with E-state index >= 15 is 0 Å². The molecule has 1 N–H and O–H groups in total. The van der Waals surface area contributed by atoms with E-state index in [4.69, 9.17) is 0 Å². The van der Waals surface area contributed by atoms with Gasteiger partial charge in [-0.2, -0.15) is 0 Å². The van der Waals surface area contributed by atoms with Crippen LogP contribution in [0.15, 0.2) is 16.7 Å². The summed E-state index contributed by atoms with van der Waals surface area (Å²) in [5.41, 5.74) is 1.20. The van der Waals surface area contributed by atoms with Crippen LogP contribution in [0, 0.1) is 24.7 Å². The van der Waals surface area contributed by atoms with Gasteiger partial charge in [0.15, 0.2) is 0 Å². The Bertz CT molecular complexity index is 399. The second kappa shape index (κ2) is 4.60. The molecule has 0 radical (unpaired) electrons. The van der Waals surface area contributed by atoms with Gasteiger partial charge in [0.25, 0.3) is 0 Å². The molecule has 2 saturated carbocycles. The summed E-state index contributed by atoms with van der Waals surface area (Å²) >= 11 is 3.58. The van der Waals surface area contributed by atoms with Gasteiger partial charge in [-0.15, -0.1) is 0 Å². The van der Waals surface area contributed by atoms with Crippen molar-refractivity contribution >= 4 is 21.7 Å². The van der Waals surface area contributed by atoms with Crippen molar-refractivity contribution in [3.63, 3.8) is 0 Å². The third kappa shape index (κ3) is 2.82. The first-order valence-corrected chi connectivity index (χ1v) is 7.39. The van der Waals surface area contributed by atoms with Crippen molar-refractivity contribution in [2.45, 2.75) is 32.6 Å². The lowest BCUT2D eigenvalue weighted by molar-refractivity contribution is 0.427. The van der Waals surface area contributed by atoms with Crippen molar-refractivity contribution in [1.82, 2.24) is 4.98 Å². The number of nitrogens with zero attached hydrogens (tertiary/aromatic N) is 1. The third-order valence-corrected chi connectivity index (χ3v) is 4.54. The van der Waals surface area contributed by atoms with Crippen LogP contribution >= 0.6 is 15.9 Å². The van der Waals surface area contributed by atoms with Crippen LogP contribution in [0.5, 0.6) is 0 Å². The van der Waals surface area contributed by atoms with Crippen molar-refractivity contribution in [3.05, 3.63) is 22.3 Å². The fourth-order valence-electron chi connectivity index (χ4n) is 2.65. The van der Waals surface area contributed by atoms with Crippen molar-refractivity contribution in [1.29, 1.82) is 0 Å². The molecule has 1 heterocycles. The van der Waals surface area contributed by atoms with E-state index < -0.39 is 0 Å². The predicted octanol–water partition coefficient (Wildman–Crippen LogP) is 4.00. The summed E-state index contributed by atoms with van der Waals surface area (Å²) in [6.07, 6.45) is 7.73. The number of anilines is 1. The van der Waals surface area contributed by atoms with Crippen LogP contribution in [-0.2, 0) is 0 Å². The molecule has 0 unspecified atom stereocenters. The average Bonchev–Trinajstić information content (AvgIpc) is 3.15. The molecule has 17 heavy (non-hydrogen) atoms. The molecule has 0 saturated heterocycles. The van der Waals surface area contributed by atoms with E-state index in [0.29, 0.717) is 0 Å². The highest BCUT2D eigenvalue weighted by molar-refractivity contribution is 9.10. The monoisotopic (exact) mass is 294 g/mol. The summed E-state index contributed by atoms with van der Waals surface area (Å²) in [5, 5.41) is 3.52. The maximum atomic E-state index is 4.45. The molecule has 92 valence electrons. The largest absolute Gasteiger partial charge is 0.369 e. The molecule has 3 rings (SSSR count). The number of rotatable bonds is 5. The van der Waals surface area contributed by atoms with Crippen LogP contribution < -0.4 is 5.32 Å². The summed E-state index contributed by atoms with van der Waals surface area (Å²) in [4.78, 5) is 4.45. The standard InChI is InChI=1S/C14H19BrN2/c1-9-6-13(15)14(16-7-9)17-8-12(10-2-3-10)11-4-5-11/h6-7,10-12H,2-5,8H2,1H3,(H,16,17). The Balaban J connectivity index is 1.62. The van der Waals surface area contributed by atoms with Gasteiger partial charge in [0.2, 0.25) is 0 Å². The van der Waals surface area contributed by atoms with E-state index in [1.807, 2.05) is 6.20 Å². The van der Waals surface area contributed by atoms with Gasteiger partial charge < -0.3 is 5.32 Å². The number of nitrogens with one attached hydrogen (secondary N) is 1. The molecular formula is C14H19BrN2. The number of halogens is 1. The molecule has 1 aromatic heterocycles. The number of aromatic nitrogens is 1. The fraction of sp³-hybridized carbons (Fsp3) is 0.643. The average molecular weight is 295 g/mol. The smallest absolute Gasteiger partial charge is 0.140 e. The molecule has 2 aliphatic rings. The lowest BCUT2D eigenvalue weighted by atomic mass is 9.98. The zero-order chi connectivity index (χ0) is 11.8. The maximum Gasteiger partial charge on any atom is 0.140 e. The van der Waals surface area contributed by atoms with Gasteiger partial charge in [-0.05, 0) is 77.9 Å². The first-order chi connectivity index (χ1) is 8.24. The second-order valence-electron chi connectivity index (χ2n) is 5.56. The van der Waals surface area contributed by atoms with E-state index in [1.54, 1.807) is 0 Å². The molecule has 2 aliphatic carbocycles. The minimum absolute atomic E-state index is 0.894. The molecule has 2 nitrogen and oxygen atoms in total. The highest BCUT2D eigenvalue weighted by atomic mass is 79.9. The molecule has 1 aromatic rings. The number of hydrogen-bond donors (Lipinski definition) is 1. The van der Waals surface area contributed by atoms with Crippen LogP contribution in [0.25, 0.3) is 0 Å². The molecule has 0 spiro atoms. The number of hydrogen-bond acceptors (Lipinski definition) is 2. The van der Waals surface area contributed by atoms with Gasteiger partial charge in [-0.3, -0.25) is 0 Å². The van der Waals surface area contributed by atoms with Crippen molar-refractivity contribution in [3.8, 4) is 0 Å². The predicted molar refractivity (Wildman–Crippen MR) is 74.1 cm³/mol. The minimum atomic E-state index is 0.894. The Morgan fingerprint density at radius 3 is 2.53 bits per heavy atom. The second-order valence-corrected chi connectivity index (χ2v) is 6.42. The zero-order valence-electron chi connectivity index (χ0n) is 10.2. The van der Waals surface area contributed by atoms with Gasteiger partial charge in [0.05, 0.1) is 4.47 Å². The normalized spacial score (nSPS) is 19.7. The quantitative estimate of drug-likeness (QED) is 0.888. The minimum Gasteiger partial charge on any atom is -0.369 e. The van der Waals surface area contributed by atoms with E-state index in [9.17, 15) is 0 Å². The summed E-state index contributed by atoms with van der Waals surface area (Å²) < 4.78 is 1.09. The van der Waals surface area contributed by atoms with Crippen molar-refractivity contribution in [2.24, 2.45) is 17.8 Å². The van der Waals surface area contributed by atoms with Crippen LogP contribution in [0.4, 0.5) is 5.82 Å². The molecule has 0 aromatic carbocycles. The Labute approximate surface area is 111 Å². The summed E-state index contributed by atoms with van der Waals surface area (Å²) in [7, 11) is 0. The molecule has 2 fully saturated rings. The molecular weight excluding hydrogens is 276 g/mol. The lowest BCUT2D eigenvalue weighted by Gasteiger charge is -2.17. The number of pyridine rings is 1. The van der Waals surface area contributed by atoms with Crippen molar-refractivity contribution < 1.29 is 0 Å². The maximum absolute atomic E-state index is 4.45. The van der Waals surface area contributed by atoms with Gasteiger partial charge in [0.1, 0.15) is 5.82 Å². The highest BCUT2D eigenvalue weighted by Crippen LogP contribution is 2.49. The summed E-state index contributed by atoms with van der Waals surface area (Å²) in [6.45, 7) is 3.17. The Hall–Kier alpha value is -0.570. The molecule has 0 bridgehead atoms. The summed E-state index contributed by atoms with van der Waals surface area (Å²) in [5.74, 6) is 3.89. The number of aryl methyl sites for hydroxylation is 1. The topological polar surface area (TPSA) is 24.9 Å². The molecule has 0 amide bonds. The zero-order valence-corrected chi connectivity index (χ0v) is 11.8. The Morgan fingerprint density at radius 1 is 1.35 bits per heavy atom. The van der Waals surface area contributed by atoms with Crippen molar-refractivity contribution in [2.75, 3.05) is 11.9 Å². The highest BCUT2D eigenvalue weighted by Gasteiger charge is 2.41. The van der Waals surface area contributed by atoms with E-state index in [1.165, 1.54) is 31.2 Å². The van der Waals surface area contributed by atoms with Crippen LogP contribution in [0.1, 0.15) is 31.2 Å². The molecule has 0 atom stereocenters. The van der Waals surface area contributed by atoms with Crippen LogP contribution in [0.3, 0.4) is 0 Å². The van der Waals surface area contributed by atoms with Gasteiger partial charge in [-0.1, -0.05) is 0 Å². The summed E-state index contributed by atoms with van der Waals surface area (Å²) in [6, 6.07) is 2.12. The van der Waals surface area contributed by atoms with Gasteiger partial charge >= 0.3 is 0 Å². The SMILES string of the molecule is Cc1cnc(NCC(C2CC2)C2CC2)c(Br)c1. The fourth-order valence-corrected chi connectivity index (χ4v) is 3.25. The third-order valence-electron chi connectivity index (χ3n) is 3.94. The van der Waals surface area contributed by atoms with Gasteiger partial charge in [-0.25, -0.2) is 4.98 Å². The Morgan fingerprint density at radius 2 is 2.00 bits per heavy atom. The van der Waals surface area contributed by atoms with Crippen LogP contribution in [-0.4, -0.2) is 11.5 Å². The Kier molecular flexibility index (Phi) is 3.12. The lowest BCUT2D eigenvalue weighted by Crippen LogP contribution is -2.19. The molecule has 0 aliphatic heterocycles. The first-order valence-electron chi connectivity index (χ1n) is 6.60. The van der Waals surface area contributed by atoms with E-state index in [0.717, 1.165) is 34.6 Å². The van der Waals surface area contributed by atoms with E-state index in [-0.39, 0.29) is 0 Å². The molecule has 3 heteroatoms. The van der Waals surface area contributed by atoms with Gasteiger partial charge in [0, 0.05) is 12.7 Å².